The van der Waals surface area contributed by atoms with Crippen LogP contribution in [0.4, 0.5) is 13.2 Å². The van der Waals surface area contributed by atoms with Gasteiger partial charge in [0.1, 0.15) is 0 Å². The monoisotopic (exact) mass is 296 g/mol. The number of alkyl halides is 3. The van der Waals surface area contributed by atoms with Gasteiger partial charge < -0.3 is 15.3 Å². The highest BCUT2D eigenvalue weighted by Crippen LogP contribution is 2.14. The van der Waals surface area contributed by atoms with Crippen LogP contribution in [0.2, 0.25) is 0 Å². The van der Waals surface area contributed by atoms with Crippen LogP contribution in [0.1, 0.15) is 25.7 Å². The Morgan fingerprint density at radius 2 is 1.50 bits per heavy atom. The topological polar surface area (TPSA) is 69.6 Å². The first kappa shape index (κ1) is 16.7. The van der Waals surface area contributed by atoms with Crippen LogP contribution in [0.5, 0.6) is 0 Å². The molecule has 0 radical (unpaired) electrons. The minimum atomic E-state index is -5.08. The summed E-state index contributed by atoms with van der Waals surface area (Å²) in [6.45, 7) is 3.79. The van der Waals surface area contributed by atoms with E-state index in [4.69, 9.17) is 9.90 Å². The Hall–Kier alpha value is -1.31. The zero-order chi connectivity index (χ0) is 15.2. The highest BCUT2D eigenvalue weighted by Gasteiger charge is 2.38. The van der Waals surface area contributed by atoms with Gasteiger partial charge in [0.25, 0.3) is 0 Å². The van der Waals surface area contributed by atoms with Crippen molar-refractivity contribution in [3.63, 3.8) is 0 Å². The van der Waals surface area contributed by atoms with Crippen molar-refractivity contribution < 1.29 is 27.9 Å². The van der Waals surface area contributed by atoms with E-state index in [0.29, 0.717) is 5.91 Å². The molecular formula is C12H19F3N2O3. The Balaban J connectivity index is 0.000000246. The largest absolute Gasteiger partial charge is 0.490 e. The first-order valence-corrected chi connectivity index (χ1v) is 6.62. The lowest BCUT2D eigenvalue weighted by molar-refractivity contribution is -0.192. The van der Waals surface area contributed by atoms with Crippen molar-refractivity contribution in [1.29, 1.82) is 0 Å². The van der Waals surface area contributed by atoms with E-state index in [0.717, 1.165) is 26.2 Å². The van der Waals surface area contributed by atoms with E-state index in [-0.39, 0.29) is 5.92 Å². The molecule has 2 heterocycles. The Morgan fingerprint density at radius 1 is 1.05 bits per heavy atom. The SMILES string of the molecule is O=C(C1CNC1)N1CCCCCC1.O=C(O)C(F)(F)F. The number of hydrogen-bond acceptors (Lipinski definition) is 3. The van der Waals surface area contributed by atoms with E-state index in [2.05, 4.69) is 10.2 Å². The third-order valence-corrected chi connectivity index (χ3v) is 3.29. The second-order valence-electron chi connectivity index (χ2n) is 4.90. The van der Waals surface area contributed by atoms with E-state index in [1.54, 1.807) is 0 Å². The van der Waals surface area contributed by atoms with E-state index >= 15 is 0 Å². The summed E-state index contributed by atoms with van der Waals surface area (Å²) >= 11 is 0. The average Bonchev–Trinajstić information content (AvgIpc) is 2.54. The summed E-state index contributed by atoms with van der Waals surface area (Å²) in [5.74, 6) is -2.08. The summed E-state index contributed by atoms with van der Waals surface area (Å²) in [5.41, 5.74) is 0. The van der Waals surface area contributed by atoms with Gasteiger partial charge in [-0.2, -0.15) is 13.2 Å². The lowest BCUT2D eigenvalue weighted by atomic mass is 10.0. The molecule has 0 spiro atoms. The molecular weight excluding hydrogens is 277 g/mol. The molecule has 0 bridgehead atoms. The number of carboxylic acid groups (broad SMARTS) is 1. The van der Waals surface area contributed by atoms with Crippen molar-refractivity contribution in [3.8, 4) is 0 Å². The van der Waals surface area contributed by atoms with Crippen LogP contribution in [0.25, 0.3) is 0 Å². The minimum Gasteiger partial charge on any atom is -0.475 e. The fourth-order valence-electron chi connectivity index (χ4n) is 2.01. The van der Waals surface area contributed by atoms with Gasteiger partial charge in [0.05, 0.1) is 5.92 Å². The second-order valence-corrected chi connectivity index (χ2v) is 4.90. The van der Waals surface area contributed by atoms with Crippen LogP contribution in [-0.2, 0) is 9.59 Å². The molecule has 0 aromatic carbocycles. The minimum absolute atomic E-state index is 0.290. The molecule has 2 aliphatic heterocycles. The number of carbonyl (C=O) groups excluding carboxylic acids is 1. The molecule has 2 saturated heterocycles. The van der Waals surface area contributed by atoms with Gasteiger partial charge in [0, 0.05) is 26.2 Å². The molecule has 2 fully saturated rings. The van der Waals surface area contributed by atoms with Crippen molar-refractivity contribution >= 4 is 11.9 Å². The number of hydrogen-bond donors (Lipinski definition) is 2. The summed E-state index contributed by atoms with van der Waals surface area (Å²) < 4.78 is 31.7. The fraction of sp³-hybridized carbons (Fsp3) is 0.833. The van der Waals surface area contributed by atoms with Gasteiger partial charge in [0.15, 0.2) is 0 Å². The molecule has 2 aliphatic rings. The van der Waals surface area contributed by atoms with Crippen LogP contribution in [-0.4, -0.2) is 54.2 Å². The van der Waals surface area contributed by atoms with Crippen LogP contribution in [0.15, 0.2) is 0 Å². The van der Waals surface area contributed by atoms with Crippen molar-refractivity contribution in [3.05, 3.63) is 0 Å². The molecule has 0 aliphatic carbocycles. The normalized spacial score (nSPS) is 20.2. The predicted molar refractivity (Wildman–Crippen MR) is 65.1 cm³/mol. The van der Waals surface area contributed by atoms with Crippen molar-refractivity contribution in [2.75, 3.05) is 26.2 Å². The van der Waals surface area contributed by atoms with Crippen molar-refractivity contribution in [2.45, 2.75) is 31.9 Å². The maximum absolute atomic E-state index is 11.8. The number of nitrogens with zero attached hydrogens (tertiary/aromatic N) is 1. The lowest BCUT2D eigenvalue weighted by Crippen LogP contribution is -2.52. The highest BCUT2D eigenvalue weighted by molar-refractivity contribution is 5.80. The predicted octanol–water partition coefficient (Wildman–Crippen LogP) is 1.24. The Kier molecular flexibility index (Phi) is 6.25. The molecule has 20 heavy (non-hydrogen) atoms. The molecule has 0 aromatic rings. The summed E-state index contributed by atoms with van der Waals surface area (Å²) in [5, 5.41) is 10.3. The molecule has 1 amide bonds. The molecule has 0 unspecified atom stereocenters. The third-order valence-electron chi connectivity index (χ3n) is 3.29. The molecule has 116 valence electrons. The third kappa shape index (κ3) is 5.36. The second kappa shape index (κ2) is 7.47. The van der Waals surface area contributed by atoms with E-state index in [1.165, 1.54) is 25.7 Å². The number of amides is 1. The summed E-state index contributed by atoms with van der Waals surface area (Å²) in [6, 6.07) is 0. The van der Waals surface area contributed by atoms with Crippen LogP contribution < -0.4 is 5.32 Å². The Bertz CT molecular complexity index is 335. The number of likely N-dealkylation sites (tertiary alicyclic amines) is 1. The maximum atomic E-state index is 11.8. The summed E-state index contributed by atoms with van der Waals surface area (Å²) in [4.78, 5) is 22.8. The van der Waals surface area contributed by atoms with Gasteiger partial charge in [0.2, 0.25) is 5.91 Å². The lowest BCUT2D eigenvalue weighted by Gasteiger charge is -2.31. The Labute approximate surface area is 115 Å². The average molecular weight is 296 g/mol. The van der Waals surface area contributed by atoms with Crippen molar-refractivity contribution in [2.24, 2.45) is 5.92 Å². The van der Waals surface area contributed by atoms with Gasteiger partial charge in [-0.15, -0.1) is 0 Å². The van der Waals surface area contributed by atoms with Gasteiger partial charge in [-0.1, -0.05) is 12.8 Å². The van der Waals surface area contributed by atoms with Crippen LogP contribution in [0.3, 0.4) is 0 Å². The smallest absolute Gasteiger partial charge is 0.475 e. The number of carboxylic acids is 1. The zero-order valence-electron chi connectivity index (χ0n) is 11.1. The summed E-state index contributed by atoms with van der Waals surface area (Å²) in [6.07, 6.45) is -0.0861. The standard InChI is InChI=1S/C10H18N2O.C2HF3O2/c13-10(9-7-11-8-9)12-5-3-1-2-4-6-12;3-2(4,5)1(6)7/h9,11H,1-8H2;(H,6,7). The number of nitrogens with one attached hydrogen (secondary N) is 1. The summed E-state index contributed by atoms with van der Waals surface area (Å²) in [7, 11) is 0. The zero-order valence-corrected chi connectivity index (χ0v) is 11.1. The maximum Gasteiger partial charge on any atom is 0.490 e. The number of aliphatic carboxylic acids is 1. The number of halogens is 3. The fourth-order valence-corrected chi connectivity index (χ4v) is 2.01. The molecule has 2 N–H and O–H groups in total. The Morgan fingerprint density at radius 3 is 1.80 bits per heavy atom. The van der Waals surface area contributed by atoms with Gasteiger partial charge >= 0.3 is 12.1 Å². The first-order chi connectivity index (χ1) is 9.32. The first-order valence-electron chi connectivity index (χ1n) is 6.62. The van der Waals surface area contributed by atoms with Gasteiger partial charge in [-0.05, 0) is 12.8 Å². The number of rotatable bonds is 1. The van der Waals surface area contributed by atoms with Gasteiger partial charge in [-0.25, -0.2) is 4.79 Å². The van der Waals surface area contributed by atoms with E-state index in [1.807, 2.05) is 0 Å². The van der Waals surface area contributed by atoms with E-state index in [9.17, 15) is 18.0 Å². The molecule has 0 saturated carbocycles. The van der Waals surface area contributed by atoms with E-state index < -0.39 is 12.1 Å². The molecule has 5 nitrogen and oxygen atoms in total. The van der Waals surface area contributed by atoms with Crippen molar-refractivity contribution in [1.82, 2.24) is 10.2 Å². The molecule has 2 rings (SSSR count). The quantitative estimate of drug-likeness (QED) is 0.764. The highest BCUT2D eigenvalue weighted by atomic mass is 19.4. The van der Waals surface area contributed by atoms with Gasteiger partial charge in [-0.3, -0.25) is 4.79 Å². The molecule has 0 atom stereocenters. The number of carbonyl (C=O) groups is 2. The van der Waals surface area contributed by atoms with Crippen LogP contribution >= 0.6 is 0 Å². The van der Waals surface area contributed by atoms with Crippen LogP contribution in [0, 0.1) is 5.92 Å². The molecule has 8 heteroatoms. The molecule has 0 aromatic heterocycles.